The number of hydrogen-bond acceptors (Lipinski definition) is 4. The molecule has 0 unspecified atom stereocenters. The molecule has 0 amide bonds. The first-order valence-electron chi connectivity index (χ1n) is 5.01. The van der Waals surface area contributed by atoms with E-state index in [2.05, 4.69) is 15.5 Å². The highest BCUT2D eigenvalue weighted by atomic mass is 35.5. The number of aryl methyl sites for hydroxylation is 1. The molecule has 15 heavy (non-hydrogen) atoms. The zero-order valence-corrected chi connectivity index (χ0v) is 9.63. The van der Waals surface area contributed by atoms with Crippen LogP contribution in [0.4, 0.5) is 5.82 Å². The number of alkyl halides is 1. The molecule has 0 fully saturated rings. The Morgan fingerprint density at radius 2 is 2.20 bits per heavy atom. The van der Waals surface area contributed by atoms with Crippen LogP contribution in [0.5, 0.6) is 0 Å². The fraction of sp³-hybridized carbons (Fsp3) is 0.600. The Bertz CT molecular complexity index is 266. The van der Waals surface area contributed by atoms with Gasteiger partial charge in [-0.15, -0.1) is 16.7 Å². The predicted molar refractivity (Wildman–Crippen MR) is 61.4 cm³/mol. The lowest BCUT2D eigenvalue weighted by Crippen LogP contribution is -2.08. The summed E-state index contributed by atoms with van der Waals surface area (Å²) in [5.74, 6) is 1.36. The van der Waals surface area contributed by atoms with Gasteiger partial charge in [-0.2, -0.15) is 5.10 Å². The normalized spacial score (nSPS) is 10.3. The summed E-state index contributed by atoms with van der Waals surface area (Å²) < 4.78 is 5.23. The first-order valence-corrected chi connectivity index (χ1v) is 5.54. The van der Waals surface area contributed by atoms with Crippen LogP contribution in [0.15, 0.2) is 12.1 Å². The zero-order valence-electron chi connectivity index (χ0n) is 8.87. The van der Waals surface area contributed by atoms with Crippen LogP contribution in [0.2, 0.25) is 0 Å². The van der Waals surface area contributed by atoms with Crippen molar-refractivity contribution < 1.29 is 4.74 Å². The summed E-state index contributed by atoms with van der Waals surface area (Å²) >= 11 is 5.47. The second-order valence-electron chi connectivity index (χ2n) is 3.14. The maximum atomic E-state index is 5.47. The van der Waals surface area contributed by atoms with E-state index in [1.807, 2.05) is 19.1 Å². The quantitative estimate of drug-likeness (QED) is 0.573. The SMILES string of the molecule is Cc1ccc(NCCCOCCCl)nn1. The molecule has 0 bridgehead atoms. The van der Waals surface area contributed by atoms with E-state index in [0.717, 1.165) is 31.1 Å². The summed E-state index contributed by atoms with van der Waals surface area (Å²) in [6, 6.07) is 3.85. The van der Waals surface area contributed by atoms with Crippen LogP contribution in [0, 0.1) is 6.92 Å². The van der Waals surface area contributed by atoms with Crippen LogP contribution in [0.25, 0.3) is 0 Å². The zero-order chi connectivity index (χ0) is 10.9. The number of nitrogens with zero attached hydrogens (tertiary/aromatic N) is 2. The molecule has 0 radical (unpaired) electrons. The summed E-state index contributed by atoms with van der Waals surface area (Å²) in [5.41, 5.74) is 0.922. The van der Waals surface area contributed by atoms with Gasteiger partial charge in [0.1, 0.15) is 5.82 Å². The standard InChI is InChI=1S/C10H16ClN3O/c1-9-3-4-10(14-13-9)12-6-2-7-15-8-5-11/h3-4H,2,5-8H2,1H3,(H,12,14). The van der Waals surface area contributed by atoms with Crippen LogP contribution < -0.4 is 5.32 Å². The molecule has 0 aliphatic rings. The maximum Gasteiger partial charge on any atom is 0.148 e. The fourth-order valence-corrected chi connectivity index (χ4v) is 1.15. The molecule has 0 atom stereocenters. The van der Waals surface area contributed by atoms with Gasteiger partial charge in [0.2, 0.25) is 0 Å². The lowest BCUT2D eigenvalue weighted by Gasteiger charge is -2.05. The highest BCUT2D eigenvalue weighted by molar-refractivity contribution is 6.17. The second kappa shape index (κ2) is 7.43. The Balaban J connectivity index is 2.07. The van der Waals surface area contributed by atoms with Gasteiger partial charge in [0.25, 0.3) is 0 Å². The monoisotopic (exact) mass is 229 g/mol. The number of nitrogens with one attached hydrogen (secondary N) is 1. The molecular weight excluding hydrogens is 214 g/mol. The van der Waals surface area contributed by atoms with E-state index in [1.54, 1.807) is 0 Å². The minimum absolute atomic E-state index is 0.552. The van der Waals surface area contributed by atoms with E-state index >= 15 is 0 Å². The van der Waals surface area contributed by atoms with E-state index in [1.165, 1.54) is 0 Å². The molecule has 0 aliphatic heterocycles. The molecule has 0 aliphatic carbocycles. The van der Waals surface area contributed by atoms with Crippen molar-refractivity contribution >= 4 is 17.4 Å². The summed E-state index contributed by atoms with van der Waals surface area (Å²) in [4.78, 5) is 0. The van der Waals surface area contributed by atoms with Crippen LogP contribution in [-0.4, -0.2) is 35.8 Å². The number of anilines is 1. The lowest BCUT2D eigenvalue weighted by molar-refractivity contribution is 0.149. The molecule has 1 aromatic heterocycles. The first kappa shape index (κ1) is 12.2. The highest BCUT2D eigenvalue weighted by Crippen LogP contribution is 2.00. The Labute approximate surface area is 95.0 Å². The van der Waals surface area contributed by atoms with E-state index in [0.29, 0.717) is 12.5 Å². The van der Waals surface area contributed by atoms with Crippen molar-refractivity contribution in [1.29, 1.82) is 0 Å². The van der Waals surface area contributed by atoms with E-state index in [-0.39, 0.29) is 0 Å². The number of rotatable bonds is 7. The number of halogens is 1. The summed E-state index contributed by atoms with van der Waals surface area (Å²) in [6.45, 7) is 4.09. The molecule has 1 rings (SSSR count). The second-order valence-corrected chi connectivity index (χ2v) is 3.52. The molecule has 1 aromatic rings. The molecule has 5 heteroatoms. The summed E-state index contributed by atoms with van der Waals surface area (Å²) in [5, 5.41) is 11.1. The van der Waals surface area contributed by atoms with Gasteiger partial charge in [0.15, 0.2) is 0 Å². The minimum atomic E-state index is 0.552. The first-order chi connectivity index (χ1) is 7.33. The van der Waals surface area contributed by atoms with E-state index in [4.69, 9.17) is 16.3 Å². The van der Waals surface area contributed by atoms with Crippen LogP contribution in [-0.2, 0) is 4.74 Å². The van der Waals surface area contributed by atoms with Gasteiger partial charge in [0.05, 0.1) is 12.3 Å². The van der Waals surface area contributed by atoms with Gasteiger partial charge >= 0.3 is 0 Å². The van der Waals surface area contributed by atoms with Gasteiger partial charge < -0.3 is 10.1 Å². The molecule has 4 nitrogen and oxygen atoms in total. The van der Waals surface area contributed by atoms with Crippen molar-refractivity contribution in [3.63, 3.8) is 0 Å². The number of aromatic nitrogens is 2. The van der Waals surface area contributed by atoms with Gasteiger partial charge in [-0.3, -0.25) is 0 Å². The predicted octanol–water partition coefficient (Wildman–Crippen LogP) is 1.84. The molecule has 0 aromatic carbocycles. The van der Waals surface area contributed by atoms with Crippen molar-refractivity contribution in [1.82, 2.24) is 10.2 Å². The van der Waals surface area contributed by atoms with E-state index < -0.39 is 0 Å². The average molecular weight is 230 g/mol. The Hall–Kier alpha value is -0.870. The third kappa shape index (κ3) is 5.54. The van der Waals surface area contributed by atoms with Crippen molar-refractivity contribution in [2.24, 2.45) is 0 Å². The Morgan fingerprint density at radius 1 is 1.33 bits per heavy atom. The van der Waals surface area contributed by atoms with Crippen molar-refractivity contribution in [3.8, 4) is 0 Å². The van der Waals surface area contributed by atoms with E-state index in [9.17, 15) is 0 Å². The molecule has 0 saturated carbocycles. The molecule has 0 saturated heterocycles. The van der Waals surface area contributed by atoms with Crippen LogP contribution >= 0.6 is 11.6 Å². The third-order valence-electron chi connectivity index (χ3n) is 1.79. The largest absolute Gasteiger partial charge is 0.380 e. The smallest absolute Gasteiger partial charge is 0.148 e. The number of ether oxygens (including phenoxy) is 1. The van der Waals surface area contributed by atoms with Crippen molar-refractivity contribution in [2.75, 3.05) is 31.0 Å². The average Bonchev–Trinajstić information content (AvgIpc) is 2.26. The van der Waals surface area contributed by atoms with Gasteiger partial charge in [0, 0.05) is 19.0 Å². The van der Waals surface area contributed by atoms with Crippen LogP contribution in [0.1, 0.15) is 12.1 Å². The van der Waals surface area contributed by atoms with Gasteiger partial charge in [-0.1, -0.05) is 0 Å². The molecular formula is C10H16ClN3O. The highest BCUT2D eigenvalue weighted by Gasteiger charge is 1.93. The summed E-state index contributed by atoms with van der Waals surface area (Å²) in [7, 11) is 0. The maximum absolute atomic E-state index is 5.47. The lowest BCUT2D eigenvalue weighted by atomic mass is 10.4. The minimum Gasteiger partial charge on any atom is -0.380 e. The molecule has 1 N–H and O–H groups in total. The Morgan fingerprint density at radius 3 is 2.87 bits per heavy atom. The van der Waals surface area contributed by atoms with Gasteiger partial charge in [-0.25, -0.2) is 0 Å². The number of hydrogen-bond donors (Lipinski definition) is 1. The van der Waals surface area contributed by atoms with Crippen LogP contribution in [0.3, 0.4) is 0 Å². The molecule has 0 spiro atoms. The fourth-order valence-electron chi connectivity index (χ4n) is 1.04. The van der Waals surface area contributed by atoms with Gasteiger partial charge in [-0.05, 0) is 25.5 Å². The molecule has 1 heterocycles. The summed E-state index contributed by atoms with van der Waals surface area (Å²) in [6.07, 6.45) is 0.937. The molecule has 84 valence electrons. The Kier molecular flexibility index (Phi) is 6.04. The van der Waals surface area contributed by atoms with Crippen molar-refractivity contribution in [2.45, 2.75) is 13.3 Å². The van der Waals surface area contributed by atoms with Crippen molar-refractivity contribution in [3.05, 3.63) is 17.8 Å². The topological polar surface area (TPSA) is 47.0 Å². The third-order valence-corrected chi connectivity index (χ3v) is 1.95.